The molecule has 1 atom stereocenters. The van der Waals surface area contributed by atoms with Crippen molar-refractivity contribution in [2.24, 2.45) is 0 Å². The lowest BCUT2D eigenvalue weighted by molar-refractivity contribution is 0.0427. The van der Waals surface area contributed by atoms with Gasteiger partial charge in [-0.2, -0.15) is 0 Å². The molecule has 0 amide bonds. The summed E-state index contributed by atoms with van der Waals surface area (Å²) in [5.41, 5.74) is 0.974. The zero-order chi connectivity index (χ0) is 11.9. The van der Waals surface area contributed by atoms with Gasteiger partial charge in [-0.25, -0.2) is 9.97 Å². The number of hydrogen-bond acceptors (Lipinski definition) is 5. The van der Waals surface area contributed by atoms with Gasteiger partial charge in [-0.05, 0) is 19.8 Å². The predicted octanol–water partition coefficient (Wildman–Crippen LogP) is 1.39. The molecule has 0 aliphatic carbocycles. The van der Waals surface area contributed by atoms with E-state index in [4.69, 9.17) is 9.47 Å². The molecule has 1 aromatic heterocycles. The van der Waals surface area contributed by atoms with Gasteiger partial charge in [0, 0.05) is 31.5 Å². The number of aryl methyl sites for hydroxylation is 1. The molecule has 2 rings (SSSR count). The summed E-state index contributed by atoms with van der Waals surface area (Å²) in [6.45, 7) is 5.17. The Kier molecular flexibility index (Phi) is 4.70. The van der Waals surface area contributed by atoms with Gasteiger partial charge in [-0.3, -0.25) is 0 Å². The maximum Gasteiger partial charge on any atom is 0.129 e. The van der Waals surface area contributed by atoms with Gasteiger partial charge in [-0.15, -0.1) is 0 Å². The molecule has 1 aromatic rings. The van der Waals surface area contributed by atoms with Crippen LogP contribution in [-0.2, 0) is 9.47 Å². The molecular weight excluding hydrogens is 218 g/mol. The van der Waals surface area contributed by atoms with Gasteiger partial charge < -0.3 is 14.8 Å². The largest absolute Gasteiger partial charge is 0.379 e. The van der Waals surface area contributed by atoms with Gasteiger partial charge >= 0.3 is 0 Å². The van der Waals surface area contributed by atoms with E-state index in [0.29, 0.717) is 6.10 Å². The molecule has 1 unspecified atom stereocenters. The maximum absolute atomic E-state index is 5.67. The fraction of sp³-hybridized carbons (Fsp3) is 0.667. The second-order valence-electron chi connectivity index (χ2n) is 4.18. The minimum Gasteiger partial charge on any atom is -0.379 e. The predicted molar refractivity (Wildman–Crippen MR) is 65.1 cm³/mol. The van der Waals surface area contributed by atoms with Crippen LogP contribution in [0.4, 0.5) is 5.82 Å². The van der Waals surface area contributed by atoms with Gasteiger partial charge in [-0.1, -0.05) is 0 Å². The molecule has 2 heterocycles. The number of rotatable bonds is 6. The monoisotopic (exact) mass is 237 g/mol. The van der Waals surface area contributed by atoms with Crippen LogP contribution in [0.1, 0.15) is 18.5 Å². The van der Waals surface area contributed by atoms with E-state index in [1.54, 1.807) is 6.33 Å². The standard InChI is InChI=1S/C12H19N3O2/c1-10-7-12(15-9-14-10)13-4-2-5-17-11-3-6-16-8-11/h7,9,11H,2-6,8H2,1H3,(H,13,14,15). The third-order valence-electron chi connectivity index (χ3n) is 2.67. The first-order chi connectivity index (χ1) is 8.34. The Hall–Kier alpha value is -1.20. The van der Waals surface area contributed by atoms with Crippen molar-refractivity contribution in [2.75, 3.05) is 31.7 Å². The molecule has 1 aliphatic rings. The third-order valence-corrected chi connectivity index (χ3v) is 2.67. The number of nitrogens with one attached hydrogen (secondary N) is 1. The Bertz CT molecular complexity index is 340. The molecule has 0 aromatic carbocycles. The molecule has 1 aliphatic heterocycles. The van der Waals surface area contributed by atoms with Gasteiger partial charge in [0.25, 0.3) is 0 Å². The second-order valence-corrected chi connectivity index (χ2v) is 4.18. The number of anilines is 1. The van der Waals surface area contributed by atoms with Crippen LogP contribution in [0.2, 0.25) is 0 Å². The van der Waals surface area contributed by atoms with Crippen LogP contribution in [0.5, 0.6) is 0 Å². The lowest BCUT2D eigenvalue weighted by Crippen LogP contribution is -2.15. The minimum atomic E-state index is 0.302. The number of aromatic nitrogens is 2. The Morgan fingerprint density at radius 3 is 3.24 bits per heavy atom. The summed E-state index contributed by atoms with van der Waals surface area (Å²) < 4.78 is 10.9. The summed E-state index contributed by atoms with van der Waals surface area (Å²) in [5, 5.41) is 3.25. The molecular formula is C12H19N3O2. The molecule has 1 fully saturated rings. The highest BCUT2D eigenvalue weighted by Gasteiger charge is 2.15. The number of nitrogens with zero attached hydrogens (tertiary/aromatic N) is 2. The van der Waals surface area contributed by atoms with Crippen molar-refractivity contribution in [1.29, 1.82) is 0 Å². The Morgan fingerprint density at radius 2 is 2.47 bits per heavy atom. The summed E-state index contributed by atoms with van der Waals surface area (Å²) in [7, 11) is 0. The van der Waals surface area contributed by atoms with E-state index < -0.39 is 0 Å². The second kappa shape index (κ2) is 6.51. The van der Waals surface area contributed by atoms with Crippen molar-refractivity contribution in [2.45, 2.75) is 25.9 Å². The van der Waals surface area contributed by atoms with Crippen LogP contribution in [-0.4, -0.2) is 42.4 Å². The van der Waals surface area contributed by atoms with E-state index >= 15 is 0 Å². The first-order valence-electron chi connectivity index (χ1n) is 6.06. The zero-order valence-corrected chi connectivity index (χ0v) is 10.2. The average molecular weight is 237 g/mol. The van der Waals surface area contributed by atoms with Crippen LogP contribution in [0, 0.1) is 6.92 Å². The molecule has 0 spiro atoms. The van der Waals surface area contributed by atoms with Crippen LogP contribution in [0.25, 0.3) is 0 Å². The highest BCUT2D eigenvalue weighted by atomic mass is 16.5. The van der Waals surface area contributed by atoms with Crippen molar-refractivity contribution < 1.29 is 9.47 Å². The molecule has 0 saturated carbocycles. The van der Waals surface area contributed by atoms with Crippen molar-refractivity contribution in [1.82, 2.24) is 9.97 Å². The van der Waals surface area contributed by atoms with E-state index in [2.05, 4.69) is 15.3 Å². The van der Waals surface area contributed by atoms with Crippen molar-refractivity contribution >= 4 is 5.82 Å². The van der Waals surface area contributed by atoms with Crippen LogP contribution >= 0.6 is 0 Å². The first kappa shape index (κ1) is 12.3. The molecule has 94 valence electrons. The quantitative estimate of drug-likeness (QED) is 0.758. The van der Waals surface area contributed by atoms with Gasteiger partial charge in [0.05, 0.1) is 12.7 Å². The van der Waals surface area contributed by atoms with Crippen molar-refractivity contribution in [3.05, 3.63) is 18.1 Å². The summed E-state index contributed by atoms with van der Waals surface area (Å²) in [5.74, 6) is 0.877. The lowest BCUT2D eigenvalue weighted by atomic mass is 10.3. The van der Waals surface area contributed by atoms with Gasteiger partial charge in [0.2, 0.25) is 0 Å². The lowest BCUT2D eigenvalue weighted by Gasteiger charge is -2.10. The number of ether oxygens (including phenoxy) is 2. The highest BCUT2D eigenvalue weighted by Crippen LogP contribution is 2.08. The van der Waals surface area contributed by atoms with Crippen LogP contribution in [0.3, 0.4) is 0 Å². The van der Waals surface area contributed by atoms with Crippen molar-refractivity contribution in [3.63, 3.8) is 0 Å². The van der Waals surface area contributed by atoms with E-state index in [1.165, 1.54) is 0 Å². The summed E-state index contributed by atoms with van der Waals surface area (Å²) >= 11 is 0. The normalized spacial score (nSPS) is 19.5. The fourth-order valence-corrected chi connectivity index (χ4v) is 1.73. The first-order valence-corrected chi connectivity index (χ1v) is 6.06. The Morgan fingerprint density at radius 1 is 1.53 bits per heavy atom. The smallest absolute Gasteiger partial charge is 0.129 e. The Balaban J connectivity index is 1.56. The molecule has 1 saturated heterocycles. The highest BCUT2D eigenvalue weighted by molar-refractivity contribution is 5.33. The molecule has 0 radical (unpaired) electrons. The molecule has 17 heavy (non-hydrogen) atoms. The van der Waals surface area contributed by atoms with Crippen LogP contribution in [0.15, 0.2) is 12.4 Å². The third kappa shape index (κ3) is 4.28. The molecule has 0 bridgehead atoms. The van der Waals surface area contributed by atoms with E-state index in [9.17, 15) is 0 Å². The SMILES string of the molecule is Cc1cc(NCCCOC2CCOC2)ncn1. The molecule has 5 heteroatoms. The summed E-state index contributed by atoms with van der Waals surface area (Å²) in [4.78, 5) is 8.18. The molecule has 1 N–H and O–H groups in total. The Labute approximate surface area is 102 Å². The van der Waals surface area contributed by atoms with Gasteiger partial charge in [0.1, 0.15) is 12.1 Å². The summed E-state index contributed by atoms with van der Waals surface area (Å²) in [6, 6.07) is 1.94. The fourth-order valence-electron chi connectivity index (χ4n) is 1.73. The minimum absolute atomic E-state index is 0.302. The van der Waals surface area contributed by atoms with E-state index in [-0.39, 0.29) is 0 Å². The summed E-state index contributed by atoms with van der Waals surface area (Å²) in [6.07, 6.45) is 3.87. The van der Waals surface area contributed by atoms with Crippen molar-refractivity contribution in [3.8, 4) is 0 Å². The van der Waals surface area contributed by atoms with E-state index in [1.807, 2.05) is 13.0 Å². The van der Waals surface area contributed by atoms with E-state index in [0.717, 1.165) is 50.7 Å². The topological polar surface area (TPSA) is 56.3 Å². The average Bonchev–Trinajstić information content (AvgIpc) is 2.82. The maximum atomic E-state index is 5.67. The van der Waals surface area contributed by atoms with Crippen LogP contribution < -0.4 is 5.32 Å². The molecule has 5 nitrogen and oxygen atoms in total. The number of hydrogen-bond donors (Lipinski definition) is 1. The van der Waals surface area contributed by atoms with Gasteiger partial charge in [0.15, 0.2) is 0 Å². The zero-order valence-electron chi connectivity index (χ0n) is 10.2.